The van der Waals surface area contributed by atoms with Gasteiger partial charge in [0.15, 0.2) is 0 Å². The second-order valence-electron chi connectivity index (χ2n) is 3.73. The molecule has 2 heterocycles. The third kappa shape index (κ3) is 2.43. The number of imidazole rings is 1. The van der Waals surface area contributed by atoms with Crippen LogP contribution in [0.4, 0.5) is 0 Å². The summed E-state index contributed by atoms with van der Waals surface area (Å²) in [6.45, 7) is 0. The lowest BCUT2D eigenvalue weighted by molar-refractivity contribution is 0.604. The molecule has 5 heteroatoms. The summed E-state index contributed by atoms with van der Waals surface area (Å²) in [6.07, 6.45) is 10.4. The molecular formula is C11H15N5. The van der Waals surface area contributed by atoms with E-state index in [1.54, 1.807) is 24.8 Å². The predicted molar refractivity (Wildman–Crippen MR) is 60.5 cm³/mol. The minimum atomic E-state index is -0.0783. The number of aromatic nitrogens is 4. The van der Waals surface area contributed by atoms with Crippen molar-refractivity contribution in [1.29, 1.82) is 0 Å². The third-order valence-corrected chi connectivity index (χ3v) is 2.56. The Morgan fingerprint density at radius 3 is 2.81 bits per heavy atom. The van der Waals surface area contributed by atoms with Gasteiger partial charge in [0.05, 0.1) is 5.69 Å². The second-order valence-corrected chi connectivity index (χ2v) is 3.73. The van der Waals surface area contributed by atoms with Crippen LogP contribution in [-0.4, -0.2) is 19.5 Å². The lowest BCUT2D eigenvalue weighted by atomic mass is 10.1. The second kappa shape index (κ2) is 4.85. The summed E-state index contributed by atoms with van der Waals surface area (Å²) in [6, 6.07) is -0.0783. The molecule has 84 valence electrons. The maximum Gasteiger partial charge on any atom is 0.108 e. The van der Waals surface area contributed by atoms with Gasteiger partial charge in [0.2, 0.25) is 0 Å². The van der Waals surface area contributed by atoms with Crippen molar-refractivity contribution in [3.05, 3.63) is 42.5 Å². The quantitative estimate of drug-likeness (QED) is 0.824. The van der Waals surface area contributed by atoms with Crippen molar-refractivity contribution in [2.24, 2.45) is 12.8 Å². The number of hydrogen-bond donors (Lipinski definition) is 1. The first kappa shape index (κ1) is 10.8. The first-order valence-electron chi connectivity index (χ1n) is 5.25. The Morgan fingerprint density at radius 1 is 1.31 bits per heavy atom. The largest absolute Gasteiger partial charge is 0.338 e. The Bertz CT molecular complexity index is 437. The fourth-order valence-electron chi connectivity index (χ4n) is 1.57. The van der Waals surface area contributed by atoms with Crippen molar-refractivity contribution in [2.75, 3.05) is 0 Å². The number of rotatable bonds is 4. The van der Waals surface area contributed by atoms with Gasteiger partial charge in [-0.3, -0.25) is 9.97 Å². The molecule has 0 saturated heterocycles. The van der Waals surface area contributed by atoms with Crippen molar-refractivity contribution in [2.45, 2.75) is 18.9 Å². The van der Waals surface area contributed by atoms with Gasteiger partial charge in [-0.1, -0.05) is 0 Å². The average molecular weight is 217 g/mol. The van der Waals surface area contributed by atoms with Crippen molar-refractivity contribution in [3.63, 3.8) is 0 Å². The highest BCUT2D eigenvalue weighted by Gasteiger charge is 2.09. The molecule has 16 heavy (non-hydrogen) atoms. The average Bonchev–Trinajstić information content (AvgIpc) is 2.73. The van der Waals surface area contributed by atoms with Gasteiger partial charge in [-0.2, -0.15) is 0 Å². The number of nitrogens with two attached hydrogens (primary N) is 1. The topological polar surface area (TPSA) is 69.6 Å². The minimum absolute atomic E-state index is 0.0783. The van der Waals surface area contributed by atoms with Gasteiger partial charge in [0, 0.05) is 50.5 Å². The fraction of sp³-hybridized carbons (Fsp3) is 0.364. The van der Waals surface area contributed by atoms with Crippen LogP contribution in [0, 0.1) is 0 Å². The van der Waals surface area contributed by atoms with Gasteiger partial charge in [-0.15, -0.1) is 0 Å². The summed E-state index contributed by atoms with van der Waals surface area (Å²) in [5, 5.41) is 0. The maximum atomic E-state index is 6.02. The molecule has 0 fully saturated rings. The van der Waals surface area contributed by atoms with E-state index in [4.69, 9.17) is 5.73 Å². The Hall–Kier alpha value is -1.75. The summed E-state index contributed by atoms with van der Waals surface area (Å²) in [7, 11) is 1.98. The van der Waals surface area contributed by atoms with Crippen LogP contribution in [0.15, 0.2) is 31.0 Å². The highest BCUT2D eigenvalue weighted by Crippen LogP contribution is 2.12. The molecule has 1 unspecified atom stereocenters. The van der Waals surface area contributed by atoms with Crippen molar-refractivity contribution >= 4 is 0 Å². The van der Waals surface area contributed by atoms with Crippen molar-refractivity contribution in [3.8, 4) is 0 Å². The molecule has 0 aromatic carbocycles. The molecule has 0 amide bonds. The molecule has 0 saturated carbocycles. The summed E-state index contributed by atoms with van der Waals surface area (Å²) >= 11 is 0. The molecule has 0 aliphatic carbocycles. The van der Waals surface area contributed by atoms with Crippen LogP contribution in [0.5, 0.6) is 0 Å². The third-order valence-electron chi connectivity index (χ3n) is 2.56. The number of hydrogen-bond acceptors (Lipinski definition) is 4. The molecule has 2 rings (SSSR count). The Kier molecular flexibility index (Phi) is 3.26. The van der Waals surface area contributed by atoms with Crippen LogP contribution < -0.4 is 5.73 Å². The van der Waals surface area contributed by atoms with Crippen LogP contribution >= 0.6 is 0 Å². The molecule has 0 aliphatic rings. The van der Waals surface area contributed by atoms with Crippen LogP contribution in [0.2, 0.25) is 0 Å². The van der Waals surface area contributed by atoms with Crippen molar-refractivity contribution < 1.29 is 0 Å². The molecule has 2 aromatic rings. The first-order valence-corrected chi connectivity index (χ1v) is 5.25. The van der Waals surface area contributed by atoms with Crippen LogP contribution in [0.3, 0.4) is 0 Å². The van der Waals surface area contributed by atoms with E-state index in [0.29, 0.717) is 0 Å². The lowest BCUT2D eigenvalue weighted by Gasteiger charge is -2.09. The molecule has 0 bridgehead atoms. The van der Waals surface area contributed by atoms with E-state index in [9.17, 15) is 0 Å². The zero-order valence-electron chi connectivity index (χ0n) is 9.24. The van der Waals surface area contributed by atoms with Gasteiger partial charge in [0.25, 0.3) is 0 Å². The van der Waals surface area contributed by atoms with Crippen LogP contribution in [-0.2, 0) is 13.5 Å². The molecule has 0 spiro atoms. The SMILES string of the molecule is Cn1ccnc1CCC(N)c1cnccn1. The summed E-state index contributed by atoms with van der Waals surface area (Å²) in [5.41, 5.74) is 6.85. The van der Waals surface area contributed by atoms with E-state index < -0.39 is 0 Å². The number of aryl methyl sites for hydroxylation is 2. The monoisotopic (exact) mass is 217 g/mol. The van der Waals surface area contributed by atoms with Crippen LogP contribution in [0.25, 0.3) is 0 Å². The predicted octanol–water partition coefficient (Wildman–Crippen LogP) is 0.843. The molecular weight excluding hydrogens is 202 g/mol. The summed E-state index contributed by atoms with van der Waals surface area (Å²) < 4.78 is 2.00. The molecule has 5 nitrogen and oxygen atoms in total. The smallest absolute Gasteiger partial charge is 0.108 e. The van der Waals surface area contributed by atoms with E-state index in [-0.39, 0.29) is 6.04 Å². The van der Waals surface area contributed by atoms with Gasteiger partial charge < -0.3 is 10.3 Å². The van der Waals surface area contributed by atoms with E-state index >= 15 is 0 Å². The zero-order chi connectivity index (χ0) is 11.4. The minimum Gasteiger partial charge on any atom is -0.338 e. The lowest BCUT2D eigenvalue weighted by Crippen LogP contribution is -2.14. The molecule has 2 aromatic heterocycles. The summed E-state index contributed by atoms with van der Waals surface area (Å²) in [4.78, 5) is 12.4. The van der Waals surface area contributed by atoms with Gasteiger partial charge in [0.1, 0.15) is 5.82 Å². The summed E-state index contributed by atoms with van der Waals surface area (Å²) in [5.74, 6) is 1.04. The molecule has 0 aliphatic heterocycles. The van der Waals surface area contributed by atoms with E-state index in [0.717, 1.165) is 24.4 Å². The highest BCUT2D eigenvalue weighted by molar-refractivity contribution is 5.02. The van der Waals surface area contributed by atoms with Gasteiger partial charge in [-0.05, 0) is 6.42 Å². The maximum absolute atomic E-state index is 6.02. The van der Waals surface area contributed by atoms with E-state index in [2.05, 4.69) is 15.0 Å². The first-order chi connectivity index (χ1) is 7.77. The Labute approximate surface area is 94.4 Å². The fourth-order valence-corrected chi connectivity index (χ4v) is 1.57. The Morgan fingerprint density at radius 2 is 2.19 bits per heavy atom. The van der Waals surface area contributed by atoms with Gasteiger partial charge >= 0.3 is 0 Å². The molecule has 0 radical (unpaired) electrons. The van der Waals surface area contributed by atoms with E-state index in [1.165, 1.54) is 0 Å². The number of nitrogens with zero attached hydrogens (tertiary/aromatic N) is 4. The highest BCUT2D eigenvalue weighted by atomic mass is 15.0. The zero-order valence-corrected chi connectivity index (χ0v) is 9.24. The Balaban J connectivity index is 1.94. The van der Waals surface area contributed by atoms with Crippen LogP contribution in [0.1, 0.15) is 24.0 Å². The van der Waals surface area contributed by atoms with E-state index in [1.807, 2.05) is 17.8 Å². The standard InChI is InChI=1S/C11H15N5/c1-16-7-6-15-11(16)3-2-9(12)10-8-13-4-5-14-10/h4-9H,2-3,12H2,1H3. The molecule has 2 N–H and O–H groups in total. The molecule has 1 atom stereocenters. The normalized spacial score (nSPS) is 12.6. The van der Waals surface area contributed by atoms with Crippen molar-refractivity contribution in [1.82, 2.24) is 19.5 Å². The van der Waals surface area contributed by atoms with Gasteiger partial charge in [-0.25, -0.2) is 4.98 Å².